The van der Waals surface area contributed by atoms with Gasteiger partial charge in [0.2, 0.25) is 11.9 Å². The maximum absolute atomic E-state index is 9.23. The second kappa shape index (κ2) is 4.62. The molecule has 0 radical (unpaired) electrons. The average Bonchev–Trinajstić information content (AvgIpc) is 3.03. The van der Waals surface area contributed by atoms with Gasteiger partial charge in [0.05, 0.1) is 17.3 Å². The van der Waals surface area contributed by atoms with Gasteiger partial charge >= 0.3 is 0 Å². The van der Waals surface area contributed by atoms with Crippen molar-refractivity contribution >= 4 is 17.0 Å². The molecule has 0 aromatic carbocycles. The van der Waals surface area contributed by atoms with Gasteiger partial charge in [-0.3, -0.25) is 4.98 Å². The summed E-state index contributed by atoms with van der Waals surface area (Å²) in [7, 11) is 0. The molecule has 3 rings (SSSR count). The molecular formula is C12H12N8. The van der Waals surface area contributed by atoms with Crippen molar-refractivity contribution in [1.82, 2.24) is 29.3 Å². The summed E-state index contributed by atoms with van der Waals surface area (Å²) in [5, 5.41) is 13.3. The molecule has 20 heavy (non-hydrogen) atoms. The number of rotatable bonds is 3. The van der Waals surface area contributed by atoms with E-state index in [-0.39, 0.29) is 5.95 Å². The van der Waals surface area contributed by atoms with Gasteiger partial charge < -0.3 is 10.3 Å². The molecule has 8 nitrogen and oxygen atoms in total. The predicted molar refractivity (Wildman–Crippen MR) is 71.9 cm³/mol. The third-order valence-electron chi connectivity index (χ3n) is 2.96. The molecule has 8 heteroatoms. The molecule has 0 bridgehead atoms. The van der Waals surface area contributed by atoms with E-state index >= 15 is 0 Å². The number of nitrogens with two attached hydrogens (primary N) is 1. The van der Waals surface area contributed by atoms with Crippen molar-refractivity contribution in [2.45, 2.75) is 19.9 Å². The fourth-order valence-electron chi connectivity index (χ4n) is 2.16. The van der Waals surface area contributed by atoms with Crippen molar-refractivity contribution in [3.05, 3.63) is 24.3 Å². The van der Waals surface area contributed by atoms with Crippen LogP contribution in [-0.4, -0.2) is 29.3 Å². The lowest BCUT2D eigenvalue weighted by atomic mass is 10.2. The molecule has 0 saturated heterocycles. The Morgan fingerprint density at radius 3 is 2.90 bits per heavy atom. The van der Waals surface area contributed by atoms with Crippen LogP contribution in [0.15, 0.2) is 18.7 Å². The van der Waals surface area contributed by atoms with Crippen molar-refractivity contribution in [3.63, 3.8) is 0 Å². The molecule has 0 saturated carbocycles. The highest BCUT2D eigenvalue weighted by atomic mass is 15.4. The first kappa shape index (κ1) is 12.1. The molecule has 0 aliphatic rings. The van der Waals surface area contributed by atoms with Crippen LogP contribution < -0.4 is 5.73 Å². The number of imidazole rings is 1. The molecule has 0 fully saturated rings. The summed E-state index contributed by atoms with van der Waals surface area (Å²) >= 11 is 0. The second-order valence-corrected chi connectivity index (χ2v) is 4.26. The van der Waals surface area contributed by atoms with Gasteiger partial charge in [0, 0.05) is 12.7 Å². The number of anilines is 1. The molecule has 0 atom stereocenters. The fraction of sp³-hybridized carbons (Fsp3) is 0.250. The Labute approximate surface area is 114 Å². The summed E-state index contributed by atoms with van der Waals surface area (Å²) in [5.41, 5.74) is 7.65. The number of nitrogens with zero attached hydrogens (tertiary/aromatic N) is 7. The molecule has 0 unspecified atom stereocenters. The lowest BCUT2D eigenvalue weighted by molar-refractivity contribution is 0.653. The number of aromatic nitrogens is 6. The Kier molecular flexibility index (Phi) is 2.80. The zero-order valence-electron chi connectivity index (χ0n) is 10.9. The van der Waals surface area contributed by atoms with Gasteiger partial charge in [0.1, 0.15) is 17.9 Å². The van der Waals surface area contributed by atoms with Crippen LogP contribution in [0.25, 0.3) is 17.0 Å². The van der Waals surface area contributed by atoms with E-state index < -0.39 is 0 Å². The minimum absolute atomic E-state index is 0.254. The van der Waals surface area contributed by atoms with Crippen LogP contribution in [0, 0.1) is 11.3 Å². The van der Waals surface area contributed by atoms with E-state index in [1.165, 1.54) is 17.2 Å². The Morgan fingerprint density at radius 1 is 1.40 bits per heavy atom. The zero-order valence-corrected chi connectivity index (χ0v) is 10.9. The number of fused-ring (bicyclic) bond motifs is 1. The highest BCUT2D eigenvalue weighted by Crippen LogP contribution is 2.22. The Bertz CT molecular complexity index is 807. The maximum atomic E-state index is 9.23. The molecule has 3 aromatic rings. The molecule has 3 heterocycles. The average molecular weight is 268 g/mol. The van der Waals surface area contributed by atoms with Gasteiger partial charge in [-0.1, -0.05) is 6.92 Å². The Balaban J connectivity index is 2.36. The summed E-state index contributed by atoms with van der Waals surface area (Å²) in [6.07, 6.45) is 5.41. The molecule has 0 aliphatic heterocycles. The lowest BCUT2D eigenvalue weighted by Gasteiger charge is -2.08. The van der Waals surface area contributed by atoms with Gasteiger partial charge in [0.15, 0.2) is 0 Å². The Hall–Kier alpha value is -2.95. The summed E-state index contributed by atoms with van der Waals surface area (Å²) in [5.74, 6) is 0.797. The number of nitrogen functional groups attached to an aromatic ring is 1. The van der Waals surface area contributed by atoms with Gasteiger partial charge in [-0.15, -0.1) is 0 Å². The fourth-order valence-corrected chi connectivity index (χ4v) is 2.16. The third kappa shape index (κ3) is 1.68. The molecule has 0 spiro atoms. The molecule has 2 N–H and O–H groups in total. The zero-order chi connectivity index (χ0) is 14.1. The predicted octanol–water partition coefficient (Wildman–Crippen LogP) is 0.876. The number of hydrogen-bond acceptors (Lipinski definition) is 6. The maximum Gasteiger partial charge on any atom is 0.235 e. The SMILES string of the molecule is CCCn1c(-n2ncnc2N)nc2cncc(C#N)c21. The first-order valence-corrected chi connectivity index (χ1v) is 6.16. The topological polar surface area (TPSA) is 111 Å². The molecule has 0 amide bonds. The van der Waals surface area contributed by atoms with Crippen molar-refractivity contribution < 1.29 is 0 Å². The molecule has 3 aromatic heterocycles. The van der Waals surface area contributed by atoms with E-state index in [4.69, 9.17) is 5.73 Å². The van der Waals surface area contributed by atoms with Gasteiger partial charge in [0.25, 0.3) is 0 Å². The largest absolute Gasteiger partial charge is 0.368 e. The summed E-state index contributed by atoms with van der Waals surface area (Å²) in [6, 6.07) is 2.14. The summed E-state index contributed by atoms with van der Waals surface area (Å²) in [6.45, 7) is 2.75. The van der Waals surface area contributed by atoms with Crippen molar-refractivity contribution in [2.75, 3.05) is 5.73 Å². The van der Waals surface area contributed by atoms with Crippen LogP contribution in [0.5, 0.6) is 0 Å². The van der Waals surface area contributed by atoms with E-state index in [1.54, 1.807) is 6.20 Å². The first-order chi connectivity index (χ1) is 9.76. The van der Waals surface area contributed by atoms with E-state index in [2.05, 4.69) is 26.1 Å². The van der Waals surface area contributed by atoms with E-state index in [9.17, 15) is 5.26 Å². The highest BCUT2D eigenvalue weighted by Gasteiger charge is 2.17. The van der Waals surface area contributed by atoms with Crippen LogP contribution in [0.3, 0.4) is 0 Å². The van der Waals surface area contributed by atoms with Crippen LogP contribution in [0.2, 0.25) is 0 Å². The van der Waals surface area contributed by atoms with Gasteiger partial charge in [-0.25, -0.2) is 4.98 Å². The van der Waals surface area contributed by atoms with E-state index in [0.29, 0.717) is 23.6 Å². The quantitative estimate of drug-likeness (QED) is 0.754. The Morgan fingerprint density at radius 2 is 2.25 bits per heavy atom. The van der Waals surface area contributed by atoms with Gasteiger partial charge in [-0.05, 0) is 6.42 Å². The monoisotopic (exact) mass is 268 g/mol. The number of pyridine rings is 1. The van der Waals surface area contributed by atoms with Crippen LogP contribution in [0.4, 0.5) is 5.95 Å². The molecule has 0 aliphatic carbocycles. The van der Waals surface area contributed by atoms with Crippen LogP contribution >= 0.6 is 0 Å². The van der Waals surface area contributed by atoms with Gasteiger partial charge in [-0.2, -0.15) is 20.0 Å². The summed E-state index contributed by atoms with van der Waals surface area (Å²) < 4.78 is 3.37. The van der Waals surface area contributed by atoms with Crippen molar-refractivity contribution in [3.8, 4) is 12.0 Å². The number of nitriles is 1. The lowest BCUT2D eigenvalue weighted by Crippen LogP contribution is -2.11. The second-order valence-electron chi connectivity index (χ2n) is 4.26. The van der Waals surface area contributed by atoms with Crippen LogP contribution in [-0.2, 0) is 6.54 Å². The van der Waals surface area contributed by atoms with E-state index in [0.717, 1.165) is 11.9 Å². The molecule has 100 valence electrons. The van der Waals surface area contributed by atoms with Crippen molar-refractivity contribution in [2.24, 2.45) is 0 Å². The summed E-state index contributed by atoms with van der Waals surface area (Å²) in [4.78, 5) is 12.4. The highest BCUT2D eigenvalue weighted by molar-refractivity contribution is 5.82. The van der Waals surface area contributed by atoms with Crippen molar-refractivity contribution in [1.29, 1.82) is 5.26 Å². The molecular weight excluding hydrogens is 256 g/mol. The van der Waals surface area contributed by atoms with Crippen LogP contribution in [0.1, 0.15) is 18.9 Å². The third-order valence-corrected chi connectivity index (χ3v) is 2.96. The minimum atomic E-state index is 0.254. The van der Waals surface area contributed by atoms with E-state index in [1.807, 2.05) is 11.5 Å². The minimum Gasteiger partial charge on any atom is -0.368 e. The number of hydrogen-bond donors (Lipinski definition) is 1. The first-order valence-electron chi connectivity index (χ1n) is 6.16. The smallest absolute Gasteiger partial charge is 0.235 e. The standard InChI is InChI=1S/C12H12N8/c1-2-3-19-10-8(4-13)5-15-6-9(10)18-12(19)20-11(14)16-7-17-20/h5-7H,2-3H2,1H3,(H2,14,16,17). The normalized spacial score (nSPS) is 10.8. The number of aryl methyl sites for hydroxylation is 1.